The molecule has 2 aliphatic carbocycles. The third kappa shape index (κ3) is 5.32. The Morgan fingerprint density at radius 3 is 2.22 bits per heavy atom. The summed E-state index contributed by atoms with van der Waals surface area (Å²) in [5.41, 5.74) is 0.0680. The molecule has 9 N–H and O–H groups in total. The van der Waals surface area contributed by atoms with Crippen LogP contribution in [0.2, 0.25) is 0 Å². The van der Waals surface area contributed by atoms with Gasteiger partial charge in [0, 0.05) is 12.3 Å². The summed E-state index contributed by atoms with van der Waals surface area (Å²) in [6.45, 7) is -1.26. The standard InChI is InChI=1S/C14H26NO11P/c16-3-5-1-7(11(19)13(21)9(5)17)15-8-2-6(4-26-27(23,24)25)10(18)14(22)12(8)20/h1,6-22H,2-4H2,(H2,23,24,25)/p-1/t6-,7+,8+,9-,10-,11+,12+,13+,14+/m1/s1. The number of quaternary nitrogens is 1. The van der Waals surface area contributed by atoms with Crippen LogP contribution in [0.5, 0.6) is 0 Å². The number of rotatable bonds is 6. The third-order valence-corrected chi connectivity index (χ3v) is 5.61. The first-order chi connectivity index (χ1) is 12.5. The number of aliphatic hydroxyl groups is 7. The molecule has 0 bridgehead atoms. The quantitative estimate of drug-likeness (QED) is 0.150. The Morgan fingerprint density at radius 2 is 1.67 bits per heavy atom. The molecule has 0 spiro atoms. The molecule has 0 saturated heterocycles. The zero-order valence-electron chi connectivity index (χ0n) is 14.2. The molecule has 1 saturated carbocycles. The van der Waals surface area contributed by atoms with Crippen LogP contribution in [0, 0.1) is 5.92 Å². The number of hydrogen-bond donors (Lipinski definition) is 8. The van der Waals surface area contributed by atoms with E-state index in [9.17, 15) is 50.1 Å². The van der Waals surface area contributed by atoms with Gasteiger partial charge in [-0.2, -0.15) is 0 Å². The highest BCUT2D eigenvalue weighted by molar-refractivity contribution is 7.43. The normalized spacial score (nSPS) is 43.4. The van der Waals surface area contributed by atoms with Crippen LogP contribution < -0.4 is 15.1 Å². The fourth-order valence-corrected chi connectivity index (χ4v) is 3.96. The molecule has 0 radical (unpaired) electrons. The smallest absolute Gasteiger partial charge is 0.138 e. The first-order valence-corrected chi connectivity index (χ1v) is 9.83. The molecule has 27 heavy (non-hydrogen) atoms. The van der Waals surface area contributed by atoms with Gasteiger partial charge in [-0.05, 0) is 11.6 Å². The van der Waals surface area contributed by atoms with E-state index in [1.54, 1.807) is 0 Å². The van der Waals surface area contributed by atoms with Gasteiger partial charge in [0.05, 0.1) is 27.1 Å². The highest BCUT2D eigenvalue weighted by Gasteiger charge is 2.47. The Morgan fingerprint density at radius 1 is 1.04 bits per heavy atom. The molecule has 0 aromatic carbocycles. The van der Waals surface area contributed by atoms with Crippen molar-refractivity contribution in [2.75, 3.05) is 13.2 Å². The average molecular weight is 414 g/mol. The van der Waals surface area contributed by atoms with Crippen LogP contribution in [0.25, 0.3) is 0 Å². The zero-order valence-corrected chi connectivity index (χ0v) is 15.1. The van der Waals surface area contributed by atoms with Crippen molar-refractivity contribution in [3.63, 3.8) is 0 Å². The third-order valence-electron chi connectivity index (χ3n) is 5.15. The first kappa shape index (κ1) is 22.8. The van der Waals surface area contributed by atoms with Crippen LogP contribution in [-0.2, 0) is 9.09 Å². The lowest BCUT2D eigenvalue weighted by Gasteiger charge is -2.42. The van der Waals surface area contributed by atoms with Crippen LogP contribution in [0.3, 0.4) is 0 Å². The van der Waals surface area contributed by atoms with Crippen molar-refractivity contribution >= 4 is 7.82 Å². The number of nitrogens with two attached hydrogens (primary N) is 1. The van der Waals surface area contributed by atoms with Crippen molar-refractivity contribution < 1.29 is 59.9 Å². The highest BCUT2D eigenvalue weighted by Crippen LogP contribution is 2.31. The number of phosphoric ester groups is 1. The molecule has 0 aromatic heterocycles. The molecule has 0 amide bonds. The van der Waals surface area contributed by atoms with Gasteiger partial charge in [0.25, 0.3) is 0 Å². The van der Waals surface area contributed by atoms with E-state index in [0.29, 0.717) is 0 Å². The number of aliphatic hydroxyl groups excluding tert-OH is 7. The maximum atomic E-state index is 10.6. The fraction of sp³-hybridized carbons (Fsp3) is 0.857. The molecular formula is C14H25NO11P-. The first-order valence-electron chi connectivity index (χ1n) is 8.37. The largest absolute Gasteiger partial charge is 0.790 e. The summed E-state index contributed by atoms with van der Waals surface area (Å²) in [6.07, 6.45) is -7.92. The summed E-state index contributed by atoms with van der Waals surface area (Å²) in [7, 11) is -5.29. The molecule has 158 valence electrons. The van der Waals surface area contributed by atoms with Gasteiger partial charge in [0.2, 0.25) is 0 Å². The molecule has 0 aromatic rings. The molecule has 12 nitrogen and oxygen atoms in total. The van der Waals surface area contributed by atoms with Crippen molar-refractivity contribution in [3.05, 3.63) is 11.6 Å². The molecular weight excluding hydrogens is 389 g/mol. The lowest BCUT2D eigenvalue weighted by Crippen LogP contribution is -3.01. The van der Waals surface area contributed by atoms with Gasteiger partial charge in [-0.15, -0.1) is 0 Å². The Kier molecular flexibility index (Phi) is 7.53. The molecule has 1 fully saturated rings. The summed E-state index contributed by atoms with van der Waals surface area (Å²) in [5.74, 6) is -0.988. The Balaban J connectivity index is 2.13. The zero-order chi connectivity index (χ0) is 20.5. The Bertz CT molecular complexity index is 583. The number of phosphoric acid groups is 1. The summed E-state index contributed by atoms with van der Waals surface area (Å²) in [4.78, 5) is 21.3. The van der Waals surface area contributed by atoms with Gasteiger partial charge in [-0.3, -0.25) is 0 Å². The average Bonchev–Trinajstić information content (AvgIpc) is 2.60. The molecule has 0 heterocycles. The lowest BCUT2D eigenvalue weighted by molar-refractivity contribution is -0.731. The van der Waals surface area contributed by atoms with E-state index in [-0.39, 0.29) is 12.0 Å². The van der Waals surface area contributed by atoms with E-state index in [2.05, 4.69) is 4.52 Å². The summed E-state index contributed by atoms with van der Waals surface area (Å²) in [5, 5.41) is 70.6. The minimum Gasteiger partial charge on any atom is -0.790 e. The van der Waals surface area contributed by atoms with E-state index >= 15 is 0 Å². The van der Waals surface area contributed by atoms with Crippen molar-refractivity contribution in [3.8, 4) is 0 Å². The molecule has 13 heteroatoms. The van der Waals surface area contributed by atoms with Crippen molar-refractivity contribution in [2.24, 2.45) is 5.92 Å². The molecule has 0 aliphatic heterocycles. The molecule has 9 atom stereocenters. The maximum Gasteiger partial charge on any atom is 0.138 e. The van der Waals surface area contributed by atoms with E-state index in [1.165, 1.54) is 11.4 Å². The second kappa shape index (κ2) is 8.91. The minimum absolute atomic E-state index is 0.0680. The van der Waals surface area contributed by atoms with Crippen LogP contribution in [-0.4, -0.2) is 97.7 Å². The van der Waals surface area contributed by atoms with Crippen LogP contribution in [0.1, 0.15) is 6.42 Å². The van der Waals surface area contributed by atoms with Gasteiger partial charge in [0.15, 0.2) is 0 Å². The predicted molar refractivity (Wildman–Crippen MR) is 82.4 cm³/mol. The van der Waals surface area contributed by atoms with E-state index in [1.807, 2.05) is 0 Å². The van der Waals surface area contributed by atoms with Crippen molar-refractivity contribution in [1.82, 2.24) is 0 Å². The summed E-state index contributed by atoms with van der Waals surface area (Å²) in [6, 6.07) is -1.77. The summed E-state index contributed by atoms with van der Waals surface area (Å²) < 4.78 is 14.8. The number of hydrogen-bond acceptors (Lipinski definition) is 11. The van der Waals surface area contributed by atoms with Crippen molar-refractivity contribution in [1.29, 1.82) is 0 Å². The predicted octanol–water partition coefficient (Wildman–Crippen LogP) is -6.75. The van der Waals surface area contributed by atoms with Gasteiger partial charge in [0.1, 0.15) is 42.6 Å². The van der Waals surface area contributed by atoms with Gasteiger partial charge in [-0.25, -0.2) is 0 Å². The van der Waals surface area contributed by atoms with E-state index in [4.69, 9.17) is 0 Å². The van der Waals surface area contributed by atoms with Crippen LogP contribution in [0.4, 0.5) is 0 Å². The SMILES string of the molecule is O=P([O-])([O-])OC[C@H]1C[C@H]([NH2+][C@H]2C=C(CO)[C@@H](O)[C@H](O)[C@H]2O)[C@H](O)[C@@H](O)[C@@H]1O. The molecule has 2 aliphatic rings. The van der Waals surface area contributed by atoms with Gasteiger partial charge < -0.3 is 59.9 Å². The topological polar surface area (TPSA) is 231 Å². The van der Waals surface area contributed by atoms with Crippen LogP contribution >= 0.6 is 7.82 Å². The van der Waals surface area contributed by atoms with Crippen molar-refractivity contribution in [2.45, 2.75) is 55.1 Å². The lowest BCUT2D eigenvalue weighted by atomic mass is 9.78. The van der Waals surface area contributed by atoms with E-state index < -0.39 is 75.7 Å². The van der Waals surface area contributed by atoms with Crippen LogP contribution in [0.15, 0.2) is 11.6 Å². The second-order valence-corrected chi connectivity index (χ2v) is 8.12. The van der Waals surface area contributed by atoms with Gasteiger partial charge >= 0.3 is 0 Å². The second-order valence-electron chi connectivity index (χ2n) is 6.97. The molecule has 0 unspecified atom stereocenters. The van der Waals surface area contributed by atoms with E-state index in [0.717, 1.165) is 0 Å². The summed E-state index contributed by atoms with van der Waals surface area (Å²) >= 11 is 0. The monoisotopic (exact) mass is 414 g/mol. The Hall–Kier alpha value is -0.470. The highest BCUT2D eigenvalue weighted by atomic mass is 31.2. The maximum absolute atomic E-state index is 10.6. The Labute approximate surface area is 154 Å². The molecule has 2 rings (SSSR count). The van der Waals surface area contributed by atoms with Gasteiger partial charge in [-0.1, -0.05) is 0 Å². The minimum atomic E-state index is -5.29. The fourth-order valence-electron chi connectivity index (χ4n) is 3.59.